The maximum atomic E-state index is 9.27. The zero-order valence-electron chi connectivity index (χ0n) is 7.30. The molecule has 0 aliphatic rings. The van der Waals surface area contributed by atoms with Gasteiger partial charge in [0, 0.05) is 0 Å². The number of aliphatic hydroxyl groups excluding tert-OH is 1. The van der Waals surface area contributed by atoms with Gasteiger partial charge in [0.25, 0.3) is 0 Å². The molecule has 2 nitrogen and oxygen atoms in total. The summed E-state index contributed by atoms with van der Waals surface area (Å²) in [5, 5.41) is 9.27. The quantitative estimate of drug-likeness (QED) is 0.626. The van der Waals surface area contributed by atoms with E-state index in [9.17, 15) is 5.11 Å². The Hall–Kier alpha value is -0.0800. The van der Waals surface area contributed by atoms with Gasteiger partial charge in [-0.05, 0) is 33.5 Å². The monoisotopic (exact) mass is 145 g/mol. The van der Waals surface area contributed by atoms with Crippen molar-refractivity contribution in [3.05, 3.63) is 0 Å². The van der Waals surface area contributed by atoms with Crippen molar-refractivity contribution in [3.63, 3.8) is 0 Å². The Balaban J connectivity index is 3.12. The van der Waals surface area contributed by atoms with Crippen LogP contribution < -0.4 is 0 Å². The minimum Gasteiger partial charge on any atom is -0.393 e. The molecule has 1 atom stereocenters. The molecule has 0 radical (unpaired) electrons. The Morgan fingerprint density at radius 1 is 1.30 bits per heavy atom. The molecule has 0 spiro atoms. The Morgan fingerprint density at radius 3 is 2.30 bits per heavy atom. The lowest BCUT2D eigenvalue weighted by molar-refractivity contribution is 0.142. The molecule has 62 valence electrons. The van der Waals surface area contributed by atoms with Gasteiger partial charge in [-0.15, -0.1) is 0 Å². The number of aliphatic hydroxyl groups is 1. The molecule has 1 unspecified atom stereocenters. The van der Waals surface area contributed by atoms with E-state index in [-0.39, 0.29) is 6.10 Å². The van der Waals surface area contributed by atoms with Gasteiger partial charge in [0.1, 0.15) is 0 Å². The highest BCUT2D eigenvalue weighted by Crippen LogP contribution is 2.00. The molecular formula is C8H19NO. The third-order valence-corrected chi connectivity index (χ3v) is 1.53. The second-order valence-corrected chi connectivity index (χ2v) is 3.03. The van der Waals surface area contributed by atoms with E-state index in [0.29, 0.717) is 0 Å². The van der Waals surface area contributed by atoms with Crippen LogP contribution >= 0.6 is 0 Å². The zero-order chi connectivity index (χ0) is 7.98. The van der Waals surface area contributed by atoms with Crippen LogP contribution in [-0.4, -0.2) is 36.8 Å². The van der Waals surface area contributed by atoms with E-state index >= 15 is 0 Å². The summed E-state index contributed by atoms with van der Waals surface area (Å²) in [6.07, 6.45) is 2.83. The average Bonchev–Trinajstić information content (AvgIpc) is 1.85. The van der Waals surface area contributed by atoms with Crippen LogP contribution in [0.5, 0.6) is 0 Å². The van der Waals surface area contributed by atoms with Crippen molar-refractivity contribution >= 4 is 0 Å². The van der Waals surface area contributed by atoms with E-state index in [1.54, 1.807) is 0 Å². The highest BCUT2D eigenvalue weighted by molar-refractivity contribution is 4.55. The predicted molar refractivity (Wildman–Crippen MR) is 44.1 cm³/mol. The molecule has 10 heavy (non-hydrogen) atoms. The summed E-state index contributed by atoms with van der Waals surface area (Å²) in [4.78, 5) is 2.10. The minimum absolute atomic E-state index is 0.0904. The fraction of sp³-hybridized carbons (Fsp3) is 1.00. The van der Waals surface area contributed by atoms with Crippen LogP contribution in [0, 0.1) is 0 Å². The molecule has 0 rings (SSSR count). The second-order valence-electron chi connectivity index (χ2n) is 3.03. The molecule has 1 N–H and O–H groups in total. The number of hydrogen-bond acceptors (Lipinski definition) is 2. The SMILES string of the molecule is CCCC(O)CCN(C)C. The third kappa shape index (κ3) is 6.05. The predicted octanol–water partition coefficient (Wildman–Crippen LogP) is 1.10. The van der Waals surface area contributed by atoms with Crippen LogP contribution in [0.4, 0.5) is 0 Å². The van der Waals surface area contributed by atoms with E-state index in [0.717, 1.165) is 25.8 Å². The van der Waals surface area contributed by atoms with Crippen molar-refractivity contribution < 1.29 is 5.11 Å². The van der Waals surface area contributed by atoms with Crippen LogP contribution in [0.1, 0.15) is 26.2 Å². The summed E-state index contributed by atoms with van der Waals surface area (Å²) in [7, 11) is 4.05. The number of rotatable bonds is 5. The van der Waals surface area contributed by atoms with Crippen molar-refractivity contribution in [2.45, 2.75) is 32.3 Å². The lowest BCUT2D eigenvalue weighted by Gasteiger charge is -2.12. The fourth-order valence-electron chi connectivity index (χ4n) is 0.885. The van der Waals surface area contributed by atoms with E-state index in [1.165, 1.54) is 0 Å². The Labute approximate surface area is 63.8 Å². The van der Waals surface area contributed by atoms with Crippen molar-refractivity contribution in [3.8, 4) is 0 Å². The van der Waals surface area contributed by atoms with Crippen molar-refractivity contribution in [1.29, 1.82) is 0 Å². The van der Waals surface area contributed by atoms with Crippen LogP contribution in [0.2, 0.25) is 0 Å². The van der Waals surface area contributed by atoms with Crippen LogP contribution in [0.15, 0.2) is 0 Å². The zero-order valence-corrected chi connectivity index (χ0v) is 7.30. The Bertz CT molecular complexity index is 73.7. The lowest BCUT2D eigenvalue weighted by atomic mass is 10.1. The summed E-state index contributed by atoms with van der Waals surface area (Å²) in [6.45, 7) is 3.08. The van der Waals surface area contributed by atoms with E-state index < -0.39 is 0 Å². The molecule has 0 fully saturated rings. The van der Waals surface area contributed by atoms with Crippen molar-refractivity contribution in [2.75, 3.05) is 20.6 Å². The summed E-state index contributed by atoms with van der Waals surface area (Å²) < 4.78 is 0. The summed E-state index contributed by atoms with van der Waals surface area (Å²) in [6, 6.07) is 0. The van der Waals surface area contributed by atoms with Crippen LogP contribution in [0.3, 0.4) is 0 Å². The van der Waals surface area contributed by atoms with Gasteiger partial charge < -0.3 is 10.0 Å². The number of hydrogen-bond donors (Lipinski definition) is 1. The van der Waals surface area contributed by atoms with Gasteiger partial charge in [-0.25, -0.2) is 0 Å². The standard InChI is InChI=1S/C8H19NO/c1-4-5-8(10)6-7-9(2)3/h8,10H,4-7H2,1-3H3. The fourth-order valence-corrected chi connectivity index (χ4v) is 0.885. The van der Waals surface area contributed by atoms with E-state index in [4.69, 9.17) is 0 Å². The molecule has 0 aliphatic carbocycles. The van der Waals surface area contributed by atoms with Gasteiger partial charge in [-0.2, -0.15) is 0 Å². The molecule has 0 saturated heterocycles. The molecule has 0 heterocycles. The largest absolute Gasteiger partial charge is 0.393 e. The lowest BCUT2D eigenvalue weighted by Crippen LogP contribution is -2.19. The van der Waals surface area contributed by atoms with E-state index in [1.807, 2.05) is 14.1 Å². The highest BCUT2D eigenvalue weighted by atomic mass is 16.3. The molecule has 2 heteroatoms. The normalized spacial score (nSPS) is 14.1. The van der Waals surface area contributed by atoms with Gasteiger partial charge in [0.05, 0.1) is 6.10 Å². The maximum Gasteiger partial charge on any atom is 0.0552 e. The first-order valence-electron chi connectivity index (χ1n) is 3.99. The molecule has 0 aromatic carbocycles. The molecule has 0 aliphatic heterocycles. The van der Waals surface area contributed by atoms with Gasteiger partial charge >= 0.3 is 0 Å². The summed E-state index contributed by atoms with van der Waals surface area (Å²) in [5.41, 5.74) is 0. The number of nitrogens with zero attached hydrogens (tertiary/aromatic N) is 1. The third-order valence-electron chi connectivity index (χ3n) is 1.53. The van der Waals surface area contributed by atoms with Crippen molar-refractivity contribution in [2.24, 2.45) is 0 Å². The topological polar surface area (TPSA) is 23.5 Å². The molecule has 0 aromatic rings. The van der Waals surface area contributed by atoms with Crippen LogP contribution in [-0.2, 0) is 0 Å². The minimum atomic E-state index is -0.0904. The van der Waals surface area contributed by atoms with Crippen molar-refractivity contribution in [1.82, 2.24) is 4.90 Å². The first-order valence-corrected chi connectivity index (χ1v) is 3.99. The average molecular weight is 145 g/mol. The maximum absolute atomic E-state index is 9.27. The Kier molecular flexibility index (Phi) is 5.64. The van der Waals surface area contributed by atoms with E-state index in [2.05, 4.69) is 11.8 Å². The first-order chi connectivity index (χ1) is 4.66. The highest BCUT2D eigenvalue weighted by Gasteiger charge is 2.01. The smallest absolute Gasteiger partial charge is 0.0552 e. The molecular weight excluding hydrogens is 126 g/mol. The molecule has 0 aromatic heterocycles. The first kappa shape index (κ1) is 9.92. The summed E-state index contributed by atoms with van der Waals surface area (Å²) in [5.74, 6) is 0. The molecule has 0 bridgehead atoms. The molecule has 0 saturated carbocycles. The van der Waals surface area contributed by atoms with Gasteiger partial charge in [-0.3, -0.25) is 0 Å². The van der Waals surface area contributed by atoms with Gasteiger partial charge in [-0.1, -0.05) is 13.3 Å². The van der Waals surface area contributed by atoms with Gasteiger partial charge in [0.15, 0.2) is 0 Å². The Morgan fingerprint density at radius 2 is 1.90 bits per heavy atom. The molecule has 0 amide bonds. The second kappa shape index (κ2) is 5.69. The van der Waals surface area contributed by atoms with Gasteiger partial charge in [0.2, 0.25) is 0 Å². The van der Waals surface area contributed by atoms with Crippen LogP contribution in [0.25, 0.3) is 0 Å². The summed E-state index contributed by atoms with van der Waals surface area (Å²) >= 11 is 0.